The van der Waals surface area contributed by atoms with Gasteiger partial charge in [-0.25, -0.2) is 0 Å². The normalized spacial score (nSPS) is 14.6. The molecule has 2 heterocycles. The van der Waals surface area contributed by atoms with Crippen LogP contribution in [0.15, 0.2) is 34.7 Å². The number of hydrogen-bond acceptors (Lipinski definition) is 6. The van der Waals surface area contributed by atoms with Crippen molar-refractivity contribution in [1.29, 1.82) is 0 Å². The number of ether oxygens (including phenoxy) is 3. The van der Waals surface area contributed by atoms with E-state index in [0.717, 1.165) is 40.7 Å². The first-order valence-corrected chi connectivity index (χ1v) is 10.8. The smallest absolute Gasteiger partial charge is 0.289 e. The summed E-state index contributed by atoms with van der Waals surface area (Å²) >= 11 is 0. The van der Waals surface area contributed by atoms with Crippen molar-refractivity contribution in [3.8, 4) is 17.2 Å². The summed E-state index contributed by atoms with van der Waals surface area (Å²) in [4.78, 5) is 17.4. The second-order valence-electron chi connectivity index (χ2n) is 8.07. The highest BCUT2D eigenvalue weighted by atomic mass is 16.5. The second-order valence-corrected chi connectivity index (χ2v) is 8.07. The highest BCUT2D eigenvalue weighted by Crippen LogP contribution is 2.40. The summed E-state index contributed by atoms with van der Waals surface area (Å²) in [6.07, 6.45) is 0. The molecule has 32 heavy (non-hydrogen) atoms. The maximum atomic E-state index is 13.2. The minimum atomic E-state index is -0.0403. The molecule has 0 unspecified atom stereocenters. The maximum absolute atomic E-state index is 13.2. The molecule has 0 spiro atoms. The Kier molecular flexibility index (Phi) is 6.28. The first kappa shape index (κ1) is 22.0. The average Bonchev–Trinajstić information content (AvgIpc) is 3.16. The SMILES string of the molecule is COc1ccc(CN2CCN(C(=O)c3oc4c(C)cccc4c3C)CC2)c(OC)c1OC. The monoisotopic (exact) mass is 438 g/mol. The Labute approximate surface area is 188 Å². The fraction of sp³-hybridized carbons (Fsp3) is 0.400. The van der Waals surface area contributed by atoms with E-state index in [0.29, 0.717) is 42.6 Å². The van der Waals surface area contributed by atoms with Gasteiger partial charge in [-0.05, 0) is 25.5 Å². The summed E-state index contributed by atoms with van der Waals surface area (Å²) < 4.78 is 22.5. The van der Waals surface area contributed by atoms with Crippen molar-refractivity contribution in [2.75, 3.05) is 47.5 Å². The molecule has 1 fully saturated rings. The number of aryl methyl sites for hydroxylation is 2. The number of fused-ring (bicyclic) bond motifs is 1. The standard InChI is InChI=1S/C25H30N2O5/c1-16-7-6-8-19-17(2)22(32-21(16)19)25(28)27-13-11-26(12-14-27)15-18-9-10-20(29-3)24(31-5)23(18)30-4/h6-10H,11-15H2,1-5H3. The molecule has 0 N–H and O–H groups in total. The molecule has 0 radical (unpaired) electrons. The number of para-hydroxylation sites is 1. The fourth-order valence-corrected chi connectivity index (χ4v) is 4.37. The molecule has 1 aliphatic heterocycles. The van der Waals surface area contributed by atoms with Crippen molar-refractivity contribution in [3.05, 3.63) is 52.8 Å². The Morgan fingerprint density at radius 1 is 0.938 bits per heavy atom. The quantitative estimate of drug-likeness (QED) is 0.579. The lowest BCUT2D eigenvalue weighted by Crippen LogP contribution is -2.48. The summed E-state index contributed by atoms with van der Waals surface area (Å²) in [5.41, 5.74) is 3.77. The molecule has 1 amide bonds. The Hall–Kier alpha value is -3.19. The van der Waals surface area contributed by atoms with E-state index in [1.165, 1.54) is 0 Å². The summed E-state index contributed by atoms with van der Waals surface area (Å²) in [7, 11) is 4.85. The van der Waals surface area contributed by atoms with E-state index in [4.69, 9.17) is 18.6 Å². The first-order valence-electron chi connectivity index (χ1n) is 10.8. The first-order chi connectivity index (χ1) is 15.5. The second kappa shape index (κ2) is 9.12. The van der Waals surface area contributed by atoms with Crippen molar-refractivity contribution in [3.63, 3.8) is 0 Å². The number of furan rings is 1. The summed E-state index contributed by atoms with van der Waals surface area (Å²) in [5, 5.41) is 1.01. The van der Waals surface area contributed by atoms with Crippen LogP contribution in [0.1, 0.15) is 27.2 Å². The maximum Gasteiger partial charge on any atom is 0.289 e. The van der Waals surface area contributed by atoms with E-state index in [1.54, 1.807) is 21.3 Å². The van der Waals surface area contributed by atoms with Gasteiger partial charge < -0.3 is 23.5 Å². The summed E-state index contributed by atoms with van der Waals surface area (Å²) in [6.45, 7) is 7.48. The van der Waals surface area contributed by atoms with Crippen LogP contribution in [0, 0.1) is 13.8 Å². The van der Waals surface area contributed by atoms with Crippen molar-refractivity contribution in [1.82, 2.24) is 9.80 Å². The van der Waals surface area contributed by atoms with E-state index in [2.05, 4.69) is 4.90 Å². The molecule has 4 rings (SSSR count). The lowest BCUT2D eigenvalue weighted by molar-refractivity contribution is 0.0598. The van der Waals surface area contributed by atoms with Gasteiger partial charge in [0.15, 0.2) is 17.3 Å². The molecule has 170 valence electrons. The molecule has 7 heteroatoms. The van der Waals surface area contributed by atoms with E-state index < -0.39 is 0 Å². The lowest BCUT2D eigenvalue weighted by Gasteiger charge is -2.34. The van der Waals surface area contributed by atoms with Gasteiger partial charge in [-0.3, -0.25) is 9.69 Å². The number of piperazine rings is 1. The zero-order valence-corrected chi connectivity index (χ0v) is 19.4. The van der Waals surface area contributed by atoms with Gasteiger partial charge >= 0.3 is 0 Å². The van der Waals surface area contributed by atoms with Gasteiger partial charge in [0.05, 0.1) is 21.3 Å². The zero-order valence-electron chi connectivity index (χ0n) is 19.4. The van der Waals surface area contributed by atoms with Gasteiger partial charge in [0.1, 0.15) is 5.58 Å². The van der Waals surface area contributed by atoms with Crippen molar-refractivity contribution in [2.45, 2.75) is 20.4 Å². The molecular formula is C25H30N2O5. The van der Waals surface area contributed by atoms with E-state index >= 15 is 0 Å². The van der Waals surface area contributed by atoms with Gasteiger partial charge in [0.2, 0.25) is 5.75 Å². The van der Waals surface area contributed by atoms with Gasteiger partial charge in [0.25, 0.3) is 5.91 Å². The van der Waals surface area contributed by atoms with Crippen LogP contribution in [0.2, 0.25) is 0 Å². The number of hydrogen-bond donors (Lipinski definition) is 0. The van der Waals surface area contributed by atoms with Gasteiger partial charge in [-0.1, -0.05) is 24.3 Å². The van der Waals surface area contributed by atoms with Crippen molar-refractivity contribution in [2.24, 2.45) is 0 Å². The van der Waals surface area contributed by atoms with Crippen molar-refractivity contribution >= 4 is 16.9 Å². The minimum Gasteiger partial charge on any atom is -0.493 e. The number of carbonyl (C=O) groups is 1. The van der Waals surface area contributed by atoms with Crippen LogP contribution in [0.4, 0.5) is 0 Å². The number of benzene rings is 2. The Morgan fingerprint density at radius 3 is 2.28 bits per heavy atom. The zero-order chi connectivity index (χ0) is 22.8. The van der Waals surface area contributed by atoms with Crippen LogP contribution in [-0.2, 0) is 6.54 Å². The topological polar surface area (TPSA) is 64.4 Å². The number of rotatable bonds is 6. The van der Waals surface area contributed by atoms with Crippen LogP contribution >= 0.6 is 0 Å². The highest BCUT2D eigenvalue weighted by molar-refractivity contribution is 5.99. The van der Waals surface area contributed by atoms with Crippen LogP contribution < -0.4 is 14.2 Å². The number of methoxy groups -OCH3 is 3. The predicted molar refractivity (Wildman–Crippen MR) is 123 cm³/mol. The molecule has 0 saturated carbocycles. The molecule has 0 bridgehead atoms. The number of amides is 1. The third kappa shape index (κ3) is 3.88. The Morgan fingerprint density at radius 2 is 1.66 bits per heavy atom. The minimum absolute atomic E-state index is 0.0403. The van der Waals surface area contributed by atoms with Gasteiger partial charge in [0, 0.05) is 49.2 Å². The predicted octanol–water partition coefficient (Wildman–Crippen LogP) is 4.03. The molecular weight excluding hydrogens is 408 g/mol. The Bertz CT molecular complexity index is 1130. The molecule has 2 aromatic carbocycles. The van der Waals surface area contributed by atoms with Gasteiger partial charge in [-0.2, -0.15) is 0 Å². The molecule has 7 nitrogen and oxygen atoms in total. The van der Waals surface area contributed by atoms with Crippen LogP contribution in [0.3, 0.4) is 0 Å². The van der Waals surface area contributed by atoms with Crippen LogP contribution in [-0.4, -0.2) is 63.2 Å². The third-order valence-corrected chi connectivity index (χ3v) is 6.19. The highest BCUT2D eigenvalue weighted by Gasteiger charge is 2.28. The molecule has 0 aliphatic carbocycles. The summed E-state index contributed by atoms with van der Waals surface area (Å²) in [6, 6.07) is 9.89. The van der Waals surface area contributed by atoms with E-state index in [-0.39, 0.29) is 5.91 Å². The summed E-state index contributed by atoms with van der Waals surface area (Å²) in [5.74, 6) is 2.32. The molecule has 1 saturated heterocycles. The molecule has 1 aromatic heterocycles. The van der Waals surface area contributed by atoms with E-state index in [1.807, 2.05) is 49.1 Å². The molecule has 0 atom stereocenters. The lowest BCUT2D eigenvalue weighted by atomic mass is 10.1. The largest absolute Gasteiger partial charge is 0.493 e. The molecule has 3 aromatic rings. The average molecular weight is 439 g/mol. The van der Waals surface area contributed by atoms with Crippen molar-refractivity contribution < 1.29 is 23.4 Å². The third-order valence-electron chi connectivity index (χ3n) is 6.19. The van der Waals surface area contributed by atoms with Crippen LogP contribution in [0.25, 0.3) is 11.0 Å². The van der Waals surface area contributed by atoms with Gasteiger partial charge in [-0.15, -0.1) is 0 Å². The Balaban J connectivity index is 1.46. The fourth-order valence-electron chi connectivity index (χ4n) is 4.37. The van der Waals surface area contributed by atoms with Crippen LogP contribution in [0.5, 0.6) is 17.2 Å². The molecule has 1 aliphatic rings. The number of carbonyl (C=O) groups excluding carboxylic acids is 1. The number of nitrogens with zero attached hydrogens (tertiary/aromatic N) is 2. The van der Waals surface area contributed by atoms with E-state index in [9.17, 15) is 4.79 Å².